The van der Waals surface area contributed by atoms with Crippen LogP contribution in [0.25, 0.3) is 0 Å². The zero-order valence-electron chi connectivity index (χ0n) is 21.1. The second-order valence-electron chi connectivity index (χ2n) is 9.23. The normalized spacial score (nSPS) is 13.0. The summed E-state index contributed by atoms with van der Waals surface area (Å²) in [6.07, 6.45) is 3.50. The maximum atomic E-state index is 13.6. The number of para-hydroxylation sites is 1. The van der Waals surface area contributed by atoms with E-state index < -0.39 is 29.7 Å². The van der Waals surface area contributed by atoms with Crippen molar-refractivity contribution in [2.75, 3.05) is 18.8 Å². The van der Waals surface area contributed by atoms with Crippen LogP contribution in [-0.2, 0) is 14.3 Å². The van der Waals surface area contributed by atoms with E-state index in [9.17, 15) is 19.5 Å². The van der Waals surface area contributed by atoms with Gasteiger partial charge in [0.25, 0.3) is 0 Å². The van der Waals surface area contributed by atoms with Gasteiger partial charge in [0.15, 0.2) is 0 Å². The summed E-state index contributed by atoms with van der Waals surface area (Å²) in [5.74, 6) is -0.900. The van der Waals surface area contributed by atoms with Gasteiger partial charge in [0.2, 0.25) is 11.8 Å². The van der Waals surface area contributed by atoms with Gasteiger partial charge in [-0.25, -0.2) is 4.79 Å². The third kappa shape index (κ3) is 9.83. The molecular formula is C25H41N3O5S. The van der Waals surface area contributed by atoms with E-state index in [2.05, 4.69) is 30.2 Å². The van der Waals surface area contributed by atoms with E-state index in [1.165, 1.54) is 11.0 Å². The van der Waals surface area contributed by atoms with Crippen molar-refractivity contribution in [3.05, 3.63) is 29.8 Å². The highest BCUT2D eigenvalue weighted by Gasteiger charge is 2.36. The molecule has 0 saturated heterocycles. The first-order valence-corrected chi connectivity index (χ1v) is 12.6. The molecule has 2 atom stereocenters. The second kappa shape index (κ2) is 14.8. The van der Waals surface area contributed by atoms with Crippen molar-refractivity contribution in [3.63, 3.8) is 0 Å². The van der Waals surface area contributed by atoms with Crippen LogP contribution in [0.1, 0.15) is 78.3 Å². The molecule has 3 amide bonds. The van der Waals surface area contributed by atoms with Crippen molar-refractivity contribution in [2.24, 2.45) is 0 Å². The number of carbonyl (C=O) groups is 3. The number of carbonyl (C=O) groups excluding carboxylic acids is 3. The standard InChI is InChI=1S/C25H41N3O5S/c1-6-8-12-15-26-22(30)21(18-13-10-11-14-20(18)29)28(16-9-7-2)23(31)19(17-34)27-24(32)33-25(3,4)5/h10-11,13-14,19,21,29,34H,6-9,12,15-17H2,1-5H3,(H,26,30)(H,27,32). The Morgan fingerprint density at radius 2 is 1.74 bits per heavy atom. The number of hydrogen-bond donors (Lipinski definition) is 4. The van der Waals surface area contributed by atoms with Crippen LogP contribution in [0, 0.1) is 0 Å². The summed E-state index contributed by atoms with van der Waals surface area (Å²) in [6, 6.07) is 4.44. The van der Waals surface area contributed by atoms with Crippen molar-refractivity contribution in [1.82, 2.24) is 15.5 Å². The summed E-state index contributed by atoms with van der Waals surface area (Å²) >= 11 is 4.27. The van der Waals surface area contributed by atoms with Crippen LogP contribution >= 0.6 is 12.6 Å². The zero-order valence-corrected chi connectivity index (χ0v) is 22.0. The van der Waals surface area contributed by atoms with Crippen molar-refractivity contribution >= 4 is 30.5 Å². The molecule has 192 valence electrons. The van der Waals surface area contributed by atoms with E-state index in [1.807, 2.05) is 6.92 Å². The predicted octanol–water partition coefficient (Wildman–Crippen LogP) is 4.19. The number of phenols is 1. The minimum absolute atomic E-state index is 0.0202. The number of unbranched alkanes of at least 4 members (excludes halogenated alkanes) is 3. The lowest BCUT2D eigenvalue weighted by Gasteiger charge is -2.34. The summed E-state index contributed by atoms with van der Waals surface area (Å²) in [6.45, 7) is 10.00. The SMILES string of the molecule is CCCCCNC(=O)C(c1ccccc1O)N(CCCC)C(=O)C(CS)NC(=O)OC(C)(C)C. The average molecular weight is 496 g/mol. The van der Waals surface area contributed by atoms with Gasteiger partial charge in [-0.3, -0.25) is 9.59 Å². The van der Waals surface area contributed by atoms with Gasteiger partial charge in [-0.2, -0.15) is 12.6 Å². The highest BCUT2D eigenvalue weighted by molar-refractivity contribution is 7.80. The highest BCUT2D eigenvalue weighted by Crippen LogP contribution is 2.30. The molecule has 0 aliphatic rings. The zero-order chi connectivity index (χ0) is 25.7. The van der Waals surface area contributed by atoms with Gasteiger partial charge in [0.05, 0.1) is 0 Å². The fourth-order valence-electron chi connectivity index (χ4n) is 3.38. The molecule has 3 N–H and O–H groups in total. The van der Waals surface area contributed by atoms with E-state index in [-0.39, 0.29) is 24.0 Å². The predicted molar refractivity (Wildman–Crippen MR) is 137 cm³/mol. The molecule has 1 aromatic carbocycles. The number of rotatable bonds is 13. The number of phenolic OH excluding ortho intramolecular Hbond substituents is 1. The molecule has 0 saturated carbocycles. The number of hydrogen-bond acceptors (Lipinski definition) is 6. The van der Waals surface area contributed by atoms with E-state index >= 15 is 0 Å². The Morgan fingerprint density at radius 3 is 2.29 bits per heavy atom. The molecule has 9 heteroatoms. The molecule has 2 unspecified atom stereocenters. The van der Waals surface area contributed by atoms with Crippen LogP contribution in [0.5, 0.6) is 5.75 Å². The number of aromatic hydroxyl groups is 1. The number of alkyl carbamates (subject to hydrolysis) is 1. The Kier molecular flexibility index (Phi) is 12.9. The summed E-state index contributed by atoms with van der Waals surface area (Å²) < 4.78 is 5.29. The minimum atomic E-state index is -1.05. The van der Waals surface area contributed by atoms with E-state index in [4.69, 9.17) is 4.74 Å². The Hall–Kier alpha value is -2.42. The molecule has 8 nitrogen and oxygen atoms in total. The van der Waals surface area contributed by atoms with Gasteiger partial charge < -0.3 is 25.4 Å². The van der Waals surface area contributed by atoms with Crippen LogP contribution in [0.15, 0.2) is 24.3 Å². The Morgan fingerprint density at radius 1 is 1.09 bits per heavy atom. The lowest BCUT2D eigenvalue weighted by Crippen LogP contribution is -2.54. The van der Waals surface area contributed by atoms with Crippen molar-refractivity contribution < 1.29 is 24.2 Å². The summed E-state index contributed by atoms with van der Waals surface area (Å²) in [5, 5.41) is 16.0. The molecule has 1 aromatic rings. The Labute approximate surface area is 209 Å². The molecule has 0 aliphatic heterocycles. The van der Waals surface area contributed by atoms with Gasteiger partial charge >= 0.3 is 6.09 Å². The third-order valence-corrected chi connectivity index (χ3v) is 5.44. The quantitative estimate of drug-likeness (QED) is 0.242. The van der Waals surface area contributed by atoms with Crippen LogP contribution < -0.4 is 10.6 Å². The van der Waals surface area contributed by atoms with Crippen LogP contribution in [0.3, 0.4) is 0 Å². The maximum absolute atomic E-state index is 13.6. The Balaban J connectivity index is 3.29. The lowest BCUT2D eigenvalue weighted by atomic mass is 10.0. The van der Waals surface area contributed by atoms with Crippen molar-refractivity contribution in [2.45, 2.75) is 84.4 Å². The van der Waals surface area contributed by atoms with E-state index in [0.29, 0.717) is 18.5 Å². The monoisotopic (exact) mass is 495 g/mol. The minimum Gasteiger partial charge on any atom is -0.508 e. The maximum Gasteiger partial charge on any atom is 0.408 e. The van der Waals surface area contributed by atoms with Crippen LogP contribution in [0.2, 0.25) is 0 Å². The van der Waals surface area contributed by atoms with Crippen molar-refractivity contribution in [3.8, 4) is 5.75 Å². The summed E-state index contributed by atoms with van der Waals surface area (Å²) in [5.41, 5.74) is -0.400. The average Bonchev–Trinajstić information content (AvgIpc) is 2.77. The fraction of sp³-hybridized carbons (Fsp3) is 0.640. The first-order valence-electron chi connectivity index (χ1n) is 12.0. The van der Waals surface area contributed by atoms with Gasteiger partial charge in [-0.1, -0.05) is 51.3 Å². The first-order chi connectivity index (χ1) is 16.1. The molecule has 34 heavy (non-hydrogen) atoms. The molecular weight excluding hydrogens is 454 g/mol. The molecule has 0 spiro atoms. The number of nitrogens with zero attached hydrogens (tertiary/aromatic N) is 1. The Bertz CT molecular complexity index is 797. The smallest absolute Gasteiger partial charge is 0.408 e. The summed E-state index contributed by atoms with van der Waals surface area (Å²) in [4.78, 5) is 40.7. The van der Waals surface area contributed by atoms with Crippen LogP contribution in [-0.4, -0.2) is 58.4 Å². The summed E-state index contributed by atoms with van der Waals surface area (Å²) in [7, 11) is 0. The molecule has 0 fully saturated rings. The van der Waals surface area contributed by atoms with Gasteiger partial charge in [-0.15, -0.1) is 0 Å². The molecule has 0 radical (unpaired) electrons. The molecule has 0 bridgehead atoms. The lowest BCUT2D eigenvalue weighted by molar-refractivity contribution is -0.142. The molecule has 0 aliphatic carbocycles. The van der Waals surface area contributed by atoms with Crippen LogP contribution in [0.4, 0.5) is 4.79 Å². The molecule has 0 heterocycles. The number of nitrogens with one attached hydrogen (secondary N) is 2. The van der Waals surface area contributed by atoms with Gasteiger partial charge in [0.1, 0.15) is 23.4 Å². The fourth-order valence-corrected chi connectivity index (χ4v) is 3.63. The first kappa shape index (κ1) is 29.6. The van der Waals surface area contributed by atoms with E-state index in [0.717, 1.165) is 25.7 Å². The number of amides is 3. The number of benzene rings is 1. The number of ether oxygens (including phenoxy) is 1. The highest BCUT2D eigenvalue weighted by atomic mass is 32.1. The van der Waals surface area contributed by atoms with Gasteiger partial charge in [-0.05, 0) is 39.7 Å². The van der Waals surface area contributed by atoms with Crippen molar-refractivity contribution in [1.29, 1.82) is 0 Å². The molecule has 0 aromatic heterocycles. The largest absolute Gasteiger partial charge is 0.508 e. The van der Waals surface area contributed by atoms with E-state index in [1.54, 1.807) is 39.0 Å². The molecule has 1 rings (SSSR count). The van der Waals surface area contributed by atoms with Gasteiger partial charge in [0, 0.05) is 24.4 Å². The topological polar surface area (TPSA) is 108 Å². The second-order valence-corrected chi connectivity index (χ2v) is 9.59. The third-order valence-electron chi connectivity index (χ3n) is 5.08. The number of thiol groups is 1.